The minimum atomic E-state index is 0.501. The highest BCUT2D eigenvalue weighted by molar-refractivity contribution is 9.11. The van der Waals surface area contributed by atoms with E-state index in [1.165, 1.54) is 302 Å². The van der Waals surface area contributed by atoms with Gasteiger partial charge in [-0.15, -0.1) is 22.7 Å². The molecule has 2 saturated heterocycles. The number of unbranched alkanes of at least 4 members (excludes halogenated alkanes) is 32. The maximum absolute atomic E-state index is 4.26. The molecule has 3 N–H and O–H groups in total. The zero-order valence-corrected chi connectivity index (χ0v) is 55.9. The summed E-state index contributed by atoms with van der Waals surface area (Å²) in [6.07, 6.45) is 63.2. The Bertz CT molecular complexity index is 1760. The molecule has 2 saturated carbocycles. The monoisotopic (exact) mass is 1250 g/mol. The summed E-state index contributed by atoms with van der Waals surface area (Å²) in [7, 11) is 0. The van der Waals surface area contributed by atoms with Crippen LogP contribution >= 0.6 is 78.8 Å². The van der Waals surface area contributed by atoms with Crippen molar-refractivity contribution in [2.75, 3.05) is 4.31 Å². The molecule has 6 rings (SSSR count). The van der Waals surface area contributed by atoms with Gasteiger partial charge in [0.1, 0.15) is 5.00 Å². The maximum Gasteiger partial charge on any atom is 0.104 e. The van der Waals surface area contributed by atoms with Crippen molar-refractivity contribution in [2.24, 2.45) is 23.7 Å². The predicted molar refractivity (Wildman–Crippen MR) is 352 cm³/mol. The molecule has 0 spiro atoms. The number of nitrogens with zero attached hydrogens (tertiary/aromatic N) is 1. The molecule has 76 heavy (non-hydrogen) atoms. The highest BCUT2D eigenvalue weighted by atomic mass is 79.9. The lowest BCUT2D eigenvalue weighted by atomic mass is 9.59. The highest BCUT2D eigenvalue weighted by Gasteiger charge is 2.57. The minimum absolute atomic E-state index is 0.501. The van der Waals surface area contributed by atoms with Crippen molar-refractivity contribution in [1.29, 1.82) is 0 Å². The fourth-order valence-corrected chi connectivity index (χ4v) is 20.2. The van der Waals surface area contributed by atoms with E-state index in [-0.39, 0.29) is 0 Å². The smallest absolute Gasteiger partial charge is 0.104 e. The van der Waals surface area contributed by atoms with E-state index in [1.807, 2.05) is 23.5 Å². The molecule has 9 unspecified atom stereocenters. The van der Waals surface area contributed by atoms with Gasteiger partial charge in [-0.3, -0.25) is 4.31 Å². The average Bonchev–Trinajstić information content (AvgIpc) is 4.25. The van der Waals surface area contributed by atoms with E-state index in [4.69, 9.17) is 0 Å². The van der Waals surface area contributed by atoms with E-state index in [2.05, 4.69) is 101 Å². The van der Waals surface area contributed by atoms with Crippen LogP contribution in [0.25, 0.3) is 0 Å². The topological polar surface area (TPSA) is 39.3 Å². The summed E-state index contributed by atoms with van der Waals surface area (Å²) in [5.74, 6) is 3.48. The SMILES string of the molecule is CCCCCCCCCCCCC(CCCCCCCCCC)Cc1cc(C2CC3NSN(c4cc(CC(CCCCCCCCCC)CCCCCCCCCCCC)c(Br)s4)C3C3CCC4NSNC4C23)sc1Br. The second kappa shape index (κ2) is 40.1. The van der Waals surface area contributed by atoms with Crippen molar-refractivity contribution in [3.8, 4) is 0 Å². The third kappa shape index (κ3) is 23.1. The third-order valence-corrected chi connectivity index (χ3v) is 25.0. The number of nitrogens with one attached hydrogen (secondary N) is 3. The zero-order chi connectivity index (χ0) is 53.4. The van der Waals surface area contributed by atoms with Crippen molar-refractivity contribution in [2.45, 2.75) is 347 Å². The molecule has 4 nitrogen and oxygen atoms in total. The van der Waals surface area contributed by atoms with E-state index in [0.29, 0.717) is 41.9 Å². The van der Waals surface area contributed by atoms with Crippen molar-refractivity contribution in [3.05, 3.63) is 35.7 Å². The predicted octanol–water partition coefficient (Wildman–Crippen LogP) is 23.8. The van der Waals surface area contributed by atoms with Crippen molar-refractivity contribution >= 4 is 83.8 Å². The molecule has 4 heterocycles. The van der Waals surface area contributed by atoms with Gasteiger partial charge in [0, 0.05) is 47.3 Å². The first-order valence-corrected chi connectivity index (χ1v) is 38.2. The minimum Gasteiger partial charge on any atom is -0.289 e. The van der Waals surface area contributed by atoms with E-state index in [1.54, 1.807) is 28.1 Å². The fourth-order valence-electron chi connectivity index (χ4n) is 14.4. The van der Waals surface area contributed by atoms with Crippen LogP contribution in [-0.4, -0.2) is 24.2 Å². The largest absolute Gasteiger partial charge is 0.289 e. The number of hydrogen-bond acceptors (Lipinski definition) is 8. The molecule has 9 atom stereocenters. The number of rotatable bonds is 46. The van der Waals surface area contributed by atoms with Gasteiger partial charge >= 0.3 is 0 Å². The Morgan fingerprint density at radius 2 is 0.882 bits per heavy atom. The van der Waals surface area contributed by atoms with Crippen LogP contribution in [0.4, 0.5) is 5.00 Å². The molecule has 2 aromatic rings. The van der Waals surface area contributed by atoms with Gasteiger partial charge in [-0.2, -0.15) is 0 Å². The lowest BCUT2D eigenvalue weighted by molar-refractivity contribution is 0.0799. The standard InChI is InChI=1S/C66H116Br2N4S4/c1-5-9-13-17-21-25-27-31-35-38-42-52(41-37-33-29-23-19-15-11-7-3)47-54-49-60(73-65(54)67)57-51-59-64(56-45-46-58-63(62(56)57)71-75-69-58)72(76-70-59)61-50-55(66(68)74-61)48-53(43-39-34-30-24-20-16-12-8-4)44-40-36-32-28-26-22-18-14-10-6-2/h49-50,52-53,56-59,62-64,69-71H,5-48,51H2,1-4H3. The molecule has 10 heteroatoms. The molecular weight excluding hydrogens is 1140 g/mol. The molecule has 0 aromatic carbocycles. The molecule has 2 aromatic heterocycles. The Morgan fingerprint density at radius 3 is 1.33 bits per heavy atom. The van der Waals surface area contributed by atoms with Gasteiger partial charge in [0.05, 0.1) is 13.6 Å². The Balaban J connectivity index is 1.08. The average molecular weight is 1250 g/mol. The number of hydrogen-bond donors (Lipinski definition) is 3. The molecule has 2 aliphatic carbocycles. The van der Waals surface area contributed by atoms with Crippen molar-refractivity contribution in [3.63, 3.8) is 0 Å². The van der Waals surface area contributed by atoms with Gasteiger partial charge < -0.3 is 0 Å². The zero-order valence-electron chi connectivity index (χ0n) is 49.5. The van der Waals surface area contributed by atoms with Crippen LogP contribution in [0.1, 0.15) is 326 Å². The van der Waals surface area contributed by atoms with E-state index >= 15 is 0 Å². The maximum atomic E-state index is 4.26. The van der Waals surface area contributed by atoms with Crippen LogP contribution < -0.4 is 18.5 Å². The van der Waals surface area contributed by atoms with Crippen LogP contribution in [0, 0.1) is 23.7 Å². The van der Waals surface area contributed by atoms with Crippen LogP contribution in [0.5, 0.6) is 0 Å². The van der Waals surface area contributed by atoms with Crippen LogP contribution in [0.15, 0.2) is 19.7 Å². The van der Waals surface area contributed by atoms with E-state index in [9.17, 15) is 0 Å². The molecule has 4 fully saturated rings. The summed E-state index contributed by atoms with van der Waals surface area (Å²) < 4.78 is 17.6. The van der Waals surface area contributed by atoms with Gasteiger partial charge in [-0.1, -0.05) is 285 Å². The lowest BCUT2D eigenvalue weighted by Crippen LogP contribution is -2.60. The lowest BCUT2D eigenvalue weighted by Gasteiger charge is -2.51. The molecule has 438 valence electrons. The first kappa shape index (κ1) is 65.9. The van der Waals surface area contributed by atoms with Crippen LogP contribution in [0.2, 0.25) is 0 Å². The molecular formula is C66H116Br2N4S4. The first-order valence-electron chi connectivity index (χ1n) is 33.4. The Morgan fingerprint density at radius 1 is 0.474 bits per heavy atom. The van der Waals surface area contributed by atoms with Crippen LogP contribution in [-0.2, 0) is 12.8 Å². The Labute approximate surface area is 504 Å². The highest BCUT2D eigenvalue weighted by Crippen LogP contribution is 2.57. The van der Waals surface area contributed by atoms with Crippen molar-refractivity contribution < 1.29 is 0 Å². The second-order valence-electron chi connectivity index (χ2n) is 25.2. The summed E-state index contributed by atoms with van der Waals surface area (Å²) in [5.41, 5.74) is 3.20. The number of anilines is 1. The Kier molecular flexibility index (Phi) is 34.7. The normalized spacial score (nSPS) is 23.1. The summed E-state index contributed by atoms with van der Waals surface area (Å²) in [6.45, 7) is 9.33. The Hall–Kier alpha value is 0.740. The van der Waals surface area contributed by atoms with Crippen molar-refractivity contribution in [1.82, 2.24) is 14.2 Å². The van der Waals surface area contributed by atoms with E-state index < -0.39 is 0 Å². The summed E-state index contributed by atoms with van der Waals surface area (Å²) in [5, 5.41) is 1.48. The van der Waals surface area contributed by atoms with Gasteiger partial charge in [-0.25, -0.2) is 14.2 Å². The van der Waals surface area contributed by atoms with Gasteiger partial charge in [0.2, 0.25) is 0 Å². The quantitative estimate of drug-likeness (QED) is 0.0453. The molecule has 0 amide bonds. The first-order chi connectivity index (χ1) is 37.4. The molecule has 4 aliphatic rings. The van der Waals surface area contributed by atoms with Crippen LogP contribution in [0.3, 0.4) is 0 Å². The molecule has 2 aliphatic heterocycles. The van der Waals surface area contributed by atoms with Gasteiger partial charge in [0.15, 0.2) is 0 Å². The molecule has 0 radical (unpaired) electrons. The number of thiophene rings is 2. The van der Waals surface area contributed by atoms with Gasteiger partial charge in [-0.05, 0) is 117 Å². The summed E-state index contributed by atoms with van der Waals surface area (Å²) in [6, 6.07) is 7.49. The number of halogens is 2. The summed E-state index contributed by atoms with van der Waals surface area (Å²) in [4.78, 5) is 1.66. The van der Waals surface area contributed by atoms with E-state index in [0.717, 1.165) is 11.8 Å². The summed E-state index contributed by atoms with van der Waals surface area (Å²) >= 11 is 16.4. The fraction of sp³-hybridized carbons (Fsp3) is 0.879. The third-order valence-electron chi connectivity index (χ3n) is 18.9. The molecule has 0 bridgehead atoms. The second-order valence-corrected chi connectivity index (χ2v) is 31.4. The van der Waals surface area contributed by atoms with Gasteiger partial charge in [0.25, 0.3) is 0 Å². The number of fused-ring (bicyclic) bond motifs is 5.